The molecule has 1 saturated carbocycles. The minimum atomic E-state index is -3.47. The predicted octanol–water partition coefficient (Wildman–Crippen LogP) is 3.13. The molecule has 0 amide bonds. The first-order chi connectivity index (χ1) is 11.7. The molecule has 3 rings (SSSR count). The van der Waals surface area contributed by atoms with Crippen molar-refractivity contribution < 1.29 is 8.42 Å². The molecular weight excluding hydrogens is 342 g/mol. The lowest BCUT2D eigenvalue weighted by Crippen LogP contribution is -2.30. The monoisotopic (exact) mass is 367 g/mol. The summed E-state index contributed by atoms with van der Waals surface area (Å²) >= 11 is 1.36. The number of aromatic nitrogens is 1. The number of benzene rings is 1. The molecule has 0 atom stereocenters. The maximum absolute atomic E-state index is 12.5. The Bertz CT molecular complexity index is 752. The lowest BCUT2D eigenvalue weighted by atomic mass is 9.89. The summed E-state index contributed by atoms with van der Waals surface area (Å²) in [6.45, 7) is 2.37. The molecule has 0 unspecified atom stereocenters. The molecule has 24 heavy (non-hydrogen) atoms. The van der Waals surface area contributed by atoms with Crippen molar-refractivity contribution in [1.29, 1.82) is 0 Å². The number of thiazole rings is 1. The van der Waals surface area contributed by atoms with Gasteiger partial charge in [0, 0.05) is 6.54 Å². The molecule has 2 N–H and O–H groups in total. The molecule has 0 radical (unpaired) electrons. The summed E-state index contributed by atoms with van der Waals surface area (Å²) in [7, 11) is -3.47. The van der Waals surface area contributed by atoms with Crippen molar-refractivity contribution in [2.75, 3.05) is 19.6 Å². The van der Waals surface area contributed by atoms with Crippen molar-refractivity contribution in [1.82, 2.24) is 15.0 Å². The van der Waals surface area contributed by atoms with E-state index >= 15 is 0 Å². The maximum atomic E-state index is 12.5. The Morgan fingerprint density at radius 2 is 2.00 bits per heavy atom. The second-order valence-corrected chi connectivity index (χ2v) is 9.01. The fourth-order valence-corrected chi connectivity index (χ4v) is 5.61. The van der Waals surface area contributed by atoms with Gasteiger partial charge in [0.05, 0.1) is 15.7 Å². The molecule has 0 spiro atoms. The minimum absolute atomic E-state index is 0.331. The Balaban J connectivity index is 1.43. The van der Waals surface area contributed by atoms with Gasteiger partial charge in [0.2, 0.25) is 10.0 Å². The third kappa shape index (κ3) is 4.53. The Hall–Kier alpha value is -1.02. The fourth-order valence-electron chi connectivity index (χ4n) is 3.27. The Labute approximate surface area is 147 Å². The number of nitrogens with one attached hydrogen (secondary N) is 2. The van der Waals surface area contributed by atoms with Crippen LogP contribution in [0, 0.1) is 5.92 Å². The molecule has 5 nitrogen and oxygen atoms in total. The van der Waals surface area contributed by atoms with E-state index in [1.54, 1.807) is 17.6 Å². The van der Waals surface area contributed by atoms with Crippen LogP contribution < -0.4 is 10.0 Å². The summed E-state index contributed by atoms with van der Waals surface area (Å²) in [5.41, 5.74) is 2.41. The van der Waals surface area contributed by atoms with E-state index in [0.29, 0.717) is 11.4 Å². The van der Waals surface area contributed by atoms with E-state index in [1.807, 2.05) is 6.07 Å². The van der Waals surface area contributed by atoms with Gasteiger partial charge >= 0.3 is 0 Å². The van der Waals surface area contributed by atoms with Crippen LogP contribution in [0.4, 0.5) is 0 Å². The highest BCUT2D eigenvalue weighted by Crippen LogP contribution is 2.25. The molecule has 1 aromatic carbocycles. The standard InChI is InChI=1S/C17H25N3O2S2/c21-24(22,16-9-4-8-15-17(16)23-13-19-15)20-11-5-10-18-12-14-6-2-1-3-7-14/h4,8-9,13-14,18,20H,1-3,5-7,10-12H2. The summed E-state index contributed by atoms with van der Waals surface area (Å²) in [4.78, 5) is 4.51. The Morgan fingerprint density at radius 1 is 1.17 bits per heavy atom. The van der Waals surface area contributed by atoms with Crippen molar-refractivity contribution in [2.24, 2.45) is 5.92 Å². The molecule has 2 aromatic rings. The zero-order valence-corrected chi connectivity index (χ0v) is 15.5. The average Bonchev–Trinajstić information content (AvgIpc) is 3.07. The van der Waals surface area contributed by atoms with E-state index in [-0.39, 0.29) is 0 Å². The van der Waals surface area contributed by atoms with Gasteiger partial charge in [-0.1, -0.05) is 25.3 Å². The molecule has 1 aliphatic rings. The van der Waals surface area contributed by atoms with Crippen LogP contribution in [-0.2, 0) is 10.0 Å². The van der Waals surface area contributed by atoms with Gasteiger partial charge in [0.25, 0.3) is 0 Å². The third-order valence-electron chi connectivity index (χ3n) is 4.59. The van der Waals surface area contributed by atoms with E-state index in [2.05, 4.69) is 15.0 Å². The molecule has 1 aliphatic carbocycles. The third-order valence-corrected chi connectivity index (χ3v) is 7.10. The first kappa shape index (κ1) is 17.8. The van der Waals surface area contributed by atoms with E-state index in [0.717, 1.165) is 35.6 Å². The summed E-state index contributed by atoms with van der Waals surface area (Å²) in [5.74, 6) is 0.805. The number of sulfonamides is 1. The van der Waals surface area contributed by atoms with Crippen LogP contribution in [-0.4, -0.2) is 33.0 Å². The lowest BCUT2D eigenvalue weighted by molar-refractivity contribution is 0.342. The first-order valence-electron chi connectivity index (χ1n) is 8.69. The highest BCUT2D eigenvalue weighted by Gasteiger charge is 2.18. The van der Waals surface area contributed by atoms with Gasteiger partial charge < -0.3 is 5.32 Å². The molecule has 0 aliphatic heterocycles. The van der Waals surface area contributed by atoms with Crippen LogP contribution in [0.5, 0.6) is 0 Å². The minimum Gasteiger partial charge on any atom is -0.316 e. The van der Waals surface area contributed by atoms with Crippen molar-refractivity contribution >= 4 is 31.6 Å². The normalized spacial score (nSPS) is 16.7. The Kier molecular flexibility index (Phi) is 6.21. The van der Waals surface area contributed by atoms with Gasteiger partial charge in [-0.05, 0) is 50.4 Å². The number of hydrogen-bond acceptors (Lipinski definition) is 5. The van der Waals surface area contributed by atoms with Gasteiger partial charge in [0.1, 0.15) is 4.90 Å². The summed E-state index contributed by atoms with van der Waals surface area (Å²) in [5, 5.41) is 3.46. The number of nitrogens with zero attached hydrogens (tertiary/aromatic N) is 1. The van der Waals surface area contributed by atoms with E-state index in [9.17, 15) is 8.42 Å². The van der Waals surface area contributed by atoms with Crippen LogP contribution in [0.2, 0.25) is 0 Å². The van der Waals surface area contributed by atoms with E-state index in [1.165, 1.54) is 43.4 Å². The second kappa shape index (κ2) is 8.38. The molecule has 1 aromatic heterocycles. The molecule has 7 heteroatoms. The van der Waals surface area contributed by atoms with Crippen LogP contribution >= 0.6 is 11.3 Å². The number of hydrogen-bond donors (Lipinski definition) is 2. The summed E-state index contributed by atoms with van der Waals surface area (Å²) < 4.78 is 28.4. The summed E-state index contributed by atoms with van der Waals surface area (Å²) in [6, 6.07) is 5.21. The van der Waals surface area contributed by atoms with Crippen molar-refractivity contribution in [3.63, 3.8) is 0 Å². The predicted molar refractivity (Wildman–Crippen MR) is 98.9 cm³/mol. The van der Waals surface area contributed by atoms with Crippen LogP contribution in [0.15, 0.2) is 28.6 Å². The summed E-state index contributed by atoms with van der Waals surface area (Å²) in [6.07, 6.45) is 7.55. The maximum Gasteiger partial charge on any atom is 0.242 e. The Morgan fingerprint density at radius 3 is 2.83 bits per heavy atom. The fraction of sp³-hybridized carbons (Fsp3) is 0.588. The van der Waals surface area contributed by atoms with Gasteiger partial charge in [0.15, 0.2) is 0 Å². The second-order valence-electron chi connectivity index (χ2n) is 6.42. The van der Waals surface area contributed by atoms with E-state index < -0.39 is 10.0 Å². The van der Waals surface area contributed by atoms with Gasteiger partial charge in [-0.2, -0.15) is 0 Å². The SMILES string of the molecule is O=S(=O)(NCCCNCC1CCCCC1)c1cccc2ncsc12. The topological polar surface area (TPSA) is 71.1 Å². The lowest BCUT2D eigenvalue weighted by Gasteiger charge is -2.21. The highest BCUT2D eigenvalue weighted by atomic mass is 32.2. The molecule has 0 saturated heterocycles. The highest BCUT2D eigenvalue weighted by molar-refractivity contribution is 7.90. The van der Waals surface area contributed by atoms with Crippen molar-refractivity contribution in [3.8, 4) is 0 Å². The molecule has 1 fully saturated rings. The van der Waals surface area contributed by atoms with Crippen molar-refractivity contribution in [3.05, 3.63) is 23.7 Å². The van der Waals surface area contributed by atoms with Crippen molar-refractivity contribution in [2.45, 2.75) is 43.4 Å². The molecule has 132 valence electrons. The smallest absolute Gasteiger partial charge is 0.242 e. The quantitative estimate of drug-likeness (QED) is 0.703. The molecule has 0 bridgehead atoms. The van der Waals surface area contributed by atoms with Crippen LogP contribution in [0.25, 0.3) is 10.2 Å². The largest absolute Gasteiger partial charge is 0.316 e. The molecular formula is C17H25N3O2S2. The zero-order chi connectivity index (χ0) is 16.8. The van der Waals surface area contributed by atoms with Gasteiger partial charge in [-0.15, -0.1) is 11.3 Å². The number of fused-ring (bicyclic) bond motifs is 1. The van der Waals surface area contributed by atoms with Crippen LogP contribution in [0.1, 0.15) is 38.5 Å². The number of rotatable bonds is 8. The zero-order valence-electron chi connectivity index (χ0n) is 13.8. The molecule has 1 heterocycles. The van der Waals surface area contributed by atoms with Gasteiger partial charge in [-0.3, -0.25) is 0 Å². The first-order valence-corrected chi connectivity index (χ1v) is 11.1. The van der Waals surface area contributed by atoms with E-state index in [4.69, 9.17) is 0 Å². The average molecular weight is 368 g/mol. The van der Waals surface area contributed by atoms with Crippen LogP contribution in [0.3, 0.4) is 0 Å². The van der Waals surface area contributed by atoms with Gasteiger partial charge in [-0.25, -0.2) is 18.1 Å².